The maximum Gasteiger partial charge on any atom is 0.259 e. The molecule has 0 saturated heterocycles. The molecule has 6 rings (SSSR count). The third-order valence-electron chi connectivity index (χ3n) is 5.51. The van der Waals surface area contributed by atoms with E-state index in [0.29, 0.717) is 34.4 Å². The van der Waals surface area contributed by atoms with Crippen LogP contribution >= 0.6 is 22.7 Å². The van der Waals surface area contributed by atoms with Crippen molar-refractivity contribution in [1.82, 2.24) is 38.3 Å². The molecule has 0 bridgehead atoms. The normalized spacial score (nSPS) is 11.7. The topological polar surface area (TPSA) is 104 Å². The Hall–Kier alpha value is -3.90. The molecule has 6 heterocycles. The standard InChI is InChI=1S/C22H18N8O2S2/c1-13-11-33-21-25-17(3-19(31)29(13)21)9-27-7-15(5-23-27)16-6-24-28(8-16)10-18-4-20(32)30-14(2)12-34-22(30)26-18/h3-8,11-12H,9-10H2,1-2H3. The number of nitrogens with zero attached hydrogens (tertiary/aromatic N) is 8. The number of aromatic nitrogens is 8. The molecule has 0 amide bonds. The summed E-state index contributed by atoms with van der Waals surface area (Å²) in [5.41, 5.74) is 4.71. The monoisotopic (exact) mass is 490 g/mol. The molecule has 0 aromatic carbocycles. The van der Waals surface area contributed by atoms with E-state index in [9.17, 15) is 9.59 Å². The smallest absolute Gasteiger partial charge is 0.259 e. The van der Waals surface area contributed by atoms with Crippen LogP contribution in [0.2, 0.25) is 0 Å². The zero-order valence-corrected chi connectivity index (χ0v) is 19.9. The first kappa shape index (κ1) is 20.7. The molecule has 0 radical (unpaired) electrons. The van der Waals surface area contributed by atoms with Gasteiger partial charge in [-0.05, 0) is 13.8 Å². The summed E-state index contributed by atoms with van der Waals surface area (Å²) >= 11 is 2.89. The Morgan fingerprint density at radius 1 is 0.735 bits per heavy atom. The number of hydrogen-bond donors (Lipinski definition) is 0. The molecule has 6 aromatic rings. The van der Waals surface area contributed by atoms with E-state index in [1.165, 1.54) is 22.7 Å². The predicted molar refractivity (Wildman–Crippen MR) is 130 cm³/mol. The van der Waals surface area contributed by atoms with Crippen LogP contribution < -0.4 is 11.1 Å². The Kier molecular flexibility index (Phi) is 4.78. The van der Waals surface area contributed by atoms with E-state index in [4.69, 9.17) is 0 Å². The Bertz CT molecular complexity index is 1670. The van der Waals surface area contributed by atoms with Gasteiger partial charge in [-0.3, -0.25) is 27.8 Å². The van der Waals surface area contributed by atoms with Gasteiger partial charge in [0.15, 0.2) is 9.92 Å². The lowest BCUT2D eigenvalue weighted by Gasteiger charge is -2.02. The van der Waals surface area contributed by atoms with E-state index in [2.05, 4.69) is 20.2 Å². The summed E-state index contributed by atoms with van der Waals surface area (Å²) in [6, 6.07) is 3.10. The van der Waals surface area contributed by atoms with E-state index < -0.39 is 0 Å². The van der Waals surface area contributed by atoms with E-state index in [1.54, 1.807) is 42.7 Å². The molecule has 170 valence electrons. The molecule has 10 nitrogen and oxygen atoms in total. The van der Waals surface area contributed by atoms with Crippen molar-refractivity contribution in [3.05, 3.63) is 91.2 Å². The van der Waals surface area contributed by atoms with Gasteiger partial charge in [0.1, 0.15) is 0 Å². The van der Waals surface area contributed by atoms with Gasteiger partial charge in [-0.2, -0.15) is 10.2 Å². The predicted octanol–water partition coefficient (Wildman–Crippen LogP) is 2.60. The summed E-state index contributed by atoms with van der Waals surface area (Å²) in [7, 11) is 0. The van der Waals surface area contributed by atoms with Crippen molar-refractivity contribution in [3.63, 3.8) is 0 Å². The highest BCUT2D eigenvalue weighted by atomic mass is 32.1. The molecule has 0 aliphatic heterocycles. The van der Waals surface area contributed by atoms with Gasteiger partial charge in [-0.1, -0.05) is 0 Å². The van der Waals surface area contributed by atoms with Crippen LogP contribution in [-0.4, -0.2) is 38.3 Å². The Morgan fingerprint density at radius 3 is 1.62 bits per heavy atom. The number of rotatable bonds is 5. The zero-order valence-electron chi connectivity index (χ0n) is 18.2. The molecule has 0 aliphatic carbocycles. The Balaban J connectivity index is 1.22. The van der Waals surface area contributed by atoms with E-state index >= 15 is 0 Å². The molecule has 0 aliphatic rings. The summed E-state index contributed by atoms with van der Waals surface area (Å²) in [6.45, 7) is 4.57. The van der Waals surface area contributed by atoms with Crippen molar-refractivity contribution >= 4 is 32.6 Å². The van der Waals surface area contributed by atoms with E-state index in [1.807, 2.05) is 37.0 Å². The largest absolute Gasteiger partial charge is 0.269 e. The number of hydrogen-bond acceptors (Lipinski definition) is 8. The van der Waals surface area contributed by atoms with Crippen molar-refractivity contribution in [3.8, 4) is 11.1 Å². The zero-order chi connectivity index (χ0) is 23.4. The number of fused-ring (bicyclic) bond motifs is 2. The maximum absolute atomic E-state index is 12.4. The van der Waals surface area contributed by atoms with Crippen molar-refractivity contribution in [2.24, 2.45) is 0 Å². The molecule has 0 N–H and O–H groups in total. The second kappa shape index (κ2) is 7.85. The third kappa shape index (κ3) is 3.56. The average molecular weight is 491 g/mol. The van der Waals surface area contributed by atoms with Crippen LogP contribution in [0.15, 0.2) is 57.3 Å². The molecule has 6 aromatic heterocycles. The van der Waals surface area contributed by atoms with Gasteiger partial charge in [0, 0.05) is 57.8 Å². The quantitative estimate of drug-likeness (QED) is 0.368. The summed E-state index contributed by atoms with van der Waals surface area (Å²) in [5.74, 6) is 0. The molecule has 12 heteroatoms. The first-order chi connectivity index (χ1) is 16.4. The van der Waals surface area contributed by atoms with Crippen LogP contribution in [0.5, 0.6) is 0 Å². The second-order valence-corrected chi connectivity index (χ2v) is 9.69. The lowest BCUT2D eigenvalue weighted by atomic mass is 10.2. The van der Waals surface area contributed by atoms with Gasteiger partial charge in [-0.15, -0.1) is 22.7 Å². The fourth-order valence-corrected chi connectivity index (χ4v) is 5.68. The summed E-state index contributed by atoms with van der Waals surface area (Å²) in [6.07, 6.45) is 7.31. The molecule has 0 fully saturated rings. The highest BCUT2D eigenvalue weighted by molar-refractivity contribution is 7.15. The average Bonchev–Trinajstić information content (AvgIpc) is 3.57. The highest BCUT2D eigenvalue weighted by Crippen LogP contribution is 2.19. The molecular formula is C22H18N8O2S2. The van der Waals surface area contributed by atoms with Crippen molar-refractivity contribution < 1.29 is 0 Å². The first-order valence-corrected chi connectivity index (χ1v) is 12.2. The van der Waals surface area contributed by atoms with Crippen LogP contribution in [-0.2, 0) is 13.1 Å². The lowest BCUT2D eigenvalue weighted by Crippen LogP contribution is -2.16. The Morgan fingerprint density at radius 2 is 1.18 bits per heavy atom. The van der Waals surface area contributed by atoms with Crippen molar-refractivity contribution in [2.45, 2.75) is 26.9 Å². The Labute approximate surface area is 200 Å². The van der Waals surface area contributed by atoms with E-state index in [0.717, 1.165) is 22.5 Å². The summed E-state index contributed by atoms with van der Waals surface area (Å²) in [5, 5.41) is 12.7. The van der Waals surface area contributed by atoms with Gasteiger partial charge in [0.05, 0.1) is 36.9 Å². The van der Waals surface area contributed by atoms with Gasteiger partial charge in [0.2, 0.25) is 0 Å². The van der Waals surface area contributed by atoms with Gasteiger partial charge in [0.25, 0.3) is 11.1 Å². The van der Waals surface area contributed by atoms with Gasteiger partial charge < -0.3 is 0 Å². The summed E-state index contributed by atoms with van der Waals surface area (Å²) < 4.78 is 6.72. The molecular weight excluding hydrogens is 472 g/mol. The molecule has 0 spiro atoms. The van der Waals surface area contributed by atoms with Crippen LogP contribution in [0.4, 0.5) is 0 Å². The molecule has 0 unspecified atom stereocenters. The van der Waals surface area contributed by atoms with E-state index in [-0.39, 0.29) is 11.1 Å². The van der Waals surface area contributed by atoms with Crippen LogP contribution in [0.1, 0.15) is 22.8 Å². The van der Waals surface area contributed by atoms with Crippen molar-refractivity contribution in [2.75, 3.05) is 0 Å². The van der Waals surface area contributed by atoms with Crippen LogP contribution in [0.25, 0.3) is 21.0 Å². The third-order valence-corrected chi connectivity index (χ3v) is 7.39. The minimum absolute atomic E-state index is 0.0865. The summed E-state index contributed by atoms with van der Waals surface area (Å²) in [4.78, 5) is 35.3. The van der Waals surface area contributed by atoms with Crippen molar-refractivity contribution in [1.29, 1.82) is 0 Å². The fourth-order valence-electron chi connectivity index (χ4n) is 3.89. The van der Waals surface area contributed by atoms with Gasteiger partial charge in [-0.25, -0.2) is 9.97 Å². The van der Waals surface area contributed by atoms with Crippen LogP contribution in [0.3, 0.4) is 0 Å². The SMILES string of the molecule is Cc1csc2nc(Cn3cc(-c4cnn(Cc5cc(=O)n6c(C)csc6n5)c4)cn3)cc(=O)n12. The van der Waals surface area contributed by atoms with Crippen LogP contribution in [0, 0.1) is 13.8 Å². The fraction of sp³-hybridized carbons (Fsp3) is 0.182. The molecule has 0 atom stereocenters. The minimum atomic E-state index is -0.0865. The second-order valence-electron chi connectivity index (χ2n) is 8.01. The highest BCUT2D eigenvalue weighted by Gasteiger charge is 2.11. The maximum atomic E-state index is 12.4. The number of thiazole rings is 2. The van der Waals surface area contributed by atoms with Gasteiger partial charge >= 0.3 is 0 Å². The number of aryl methyl sites for hydroxylation is 2. The molecule has 34 heavy (non-hydrogen) atoms. The lowest BCUT2D eigenvalue weighted by molar-refractivity contribution is 0.671. The minimum Gasteiger partial charge on any atom is -0.269 e. The first-order valence-electron chi connectivity index (χ1n) is 10.4. The molecule has 0 saturated carbocycles.